The van der Waals surface area contributed by atoms with Crippen LogP contribution in [0.1, 0.15) is 18.3 Å². The van der Waals surface area contributed by atoms with Crippen molar-refractivity contribution in [1.82, 2.24) is 9.97 Å². The molecule has 0 bridgehead atoms. The molecule has 0 radical (unpaired) electrons. The molecule has 0 aromatic carbocycles. The quantitative estimate of drug-likeness (QED) is 0.726. The summed E-state index contributed by atoms with van der Waals surface area (Å²) in [6.07, 6.45) is 0.990. The zero-order chi connectivity index (χ0) is 10.6. The molecule has 0 saturated heterocycles. The molecule has 1 unspecified atom stereocenters. The van der Waals surface area contributed by atoms with E-state index in [1.807, 2.05) is 6.07 Å². The first-order valence-corrected chi connectivity index (χ1v) is 4.29. The maximum absolute atomic E-state index is 9.06. The molecule has 0 fully saturated rings. The highest BCUT2D eigenvalue weighted by Crippen LogP contribution is 2.09. The lowest BCUT2D eigenvalue weighted by Crippen LogP contribution is -2.17. The molecular formula is C9H12N4O. The minimum atomic E-state index is -0.475. The first-order chi connectivity index (χ1) is 6.63. The summed E-state index contributed by atoms with van der Waals surface area (Å²) in [5, 5.41) is 20.7. The van der Waals surface area contributed by atoms with Crippen molar-refractivity contribution in [3.8, 4) is 6.07 Å². The minimum absolute atomic E-state index is 0.366. The Balaban J connectivity index is 2.84. The predicted molar refractivity (Wildman–Crippen MR) is 51.7 cm³/mol. The Hall–Kier alpha value is -1.67. The molecule has 0 saturated carbocycles. The van der Waals surface area contributed by atoms with E-state index >= 15 is 0 Å². The monoisotopic (exact) mass is 192 g/mol. The number of aromatic nitrogens is 2. The van der Waals surface area contributed by atoms with E-state index in [0.717, 1.165) is 0 Å². The van der Waals surface area contributed by atoms with Crippen molar-refractivity contribution >= 4 is 5.82 Å². The van der Waals surface area contributed by atoms with Crippen LogP contribution in [0.2, 0.25) is 0 Å². The molecule has 1 aromatic rings. The van der Waals surface area contributed by atoms with E-state index in [9.17, 15) is 0 Å². The highest BCUT2D eigenvalue weighted by Gasteiger charge is 2.05. The van der Waals surface area contributed by atoms with Gasteiger partial charge in [-0.15, -0.1) is 0 Å². The standard InChI is InChI=1S/C9H12N4O/c1-6(14)4-12-9-8(3-10)5-11-7(2)13-9/h5-6,14H,4H2,1-2H3,(H,11,12,13). The molecule has 5 nitrogen and oxygen atoms in total. The first-order valence-electron chi connectivity index (χ1n) is 4.29. The summed E-state index contributed by atoms with van der Waals surface area (Å²) in [4.78, 5) is 7.96. The maximum atomic E-state index is 9.06. The zero-order valence-corrected chi connectivity index (χ0v) is 8.15. The van der Waals surface area contributed by atoms with Crippen LogP contribution in [0.15, 0.2) is 6.20 Å². The van der Waals surface area contributed by atoms with Crippen LogP contribution in [0.5, 0.6) is 0 Å². The zero-order valence-electron chi connectivity index (χ0n) is 8.15. The Labute approximate surface area is 82.4 Å². The third-order valence-corrected chi connectivity index (χ3v) is 1.59. The summed E-state index contributed by atoms with van der Waals surface area (Å²) in [5.74, 6) is 1.07. The van der Waals surface area contributed by atoms with Crippen molar-refractivity contribution in [2.45, 2.75) is 20.0 Å². The molecule has 1 heterocycles. The average molecular weight is 192 g/mol. The summed E-state index contributed by atoms with van der Waals surface area (Å²) in [6.45, 7) is 3.77. The normalized spacial score (nSPS) is 11.9. The van der Waals surface area contributed by atoms with Gasteiger partial charge < -0.3 is 10.4 Å². The second-order valence-corrected chi connectivity index (χ2v) is 3.02. The third kappa shape index (κ3) is 2.68. The molecule has 14 heavy (non-hydrogen) atoms. The Kier molecular flexibility index (Phi) is 3.37. The van der Waals surface area contributed by atoms with Crippen LogP contribution in [0.25, 0.3) is 0 Å². The Morgan fingerprint density at radius 3 is 3.00 bits per heavy atom. The van der Waals surface area contributed by atoms with Gasteiger partial charge in [-0.1, -0.05) is 0 Å². The van der Waals surface area contributed by atoms with Crippen LogP contribution in [-0.4, -0.2) is 27.7 Å². The summed E-state index contributed by atoms with van der Waals surface area (Å²) < 4.78 is 0. The second kappa shape index (κ2) is 4.53. The van der Waals surface area contributed by atoms with Gasteiger partial charge in [0.05, 0.1) is 12.3 Å². The Morgan fingerprint density at radius 1 is 1.71 bits per heavy atom. The Bertz CT molecular complexity index is 356. The summed E-state index contributed by atoms with van der Waals surface area (Å²) in [5.41, 5.74) is 0.385. The number of anilines is 1. The van der Waals surface area contributed by atoms with Gasteiger partial charge in [0.1, 0.15) is 23.3 Å². The van der Waals surface area contributed by atoms with Gasteiger partial charge in [0.25, 0.3) is 0 Å². The number of hydrogen-bond acceptors (Lipinski definition) is 5. The fourth-order valence-corrected chi connectivity index (χ4v) is 0.931. The largest absolute Gasteiger partial charge is 0.392 e. The van der Waals surface area contributed by atoms with E-state index in [2.05, 4.69) is 15.3 Å². The van der Waals surface area contributed by atoms with E-state index in [1.165, 1.54) is 6.20 Å². The van der Waals surface area contributed by atoms with Gasteiger partial charge in [0.15, 0.2) is 0 Å². The predicted octanol–water partition coefficient (Wildman–Crippen LogP) is 0.449. The van der Waals surface area contributed by atoms with Crippen LogP contribution < -0.4 is 5.32 Å². The van der Waals surface area contributed by atoms with Crippen LogP contribution >= 0.6 is 0 Å². The molecule has 74 valence electrons. The van der Waals surface area contributed by atoms with Gasteiger partial charge >= 0.3 is 0 Å². The number of rotatable bonds is 3. The van der Waals surface area contributed by atoms with Crippen molar-refractivity contribution in [3.05, 3.63) is 17.6 Å². The number of aliphatic hydroxyl groups excluding tert-OH is 1. The Morgan fingerprint density at radius 2 is 2.43 bits per heavy atom. The fraction of sp³-hybridized carbons (Fsp3) is 0.444. The van der Waals surface area contributed by atoms with E-state index < -0.39 is 6.10 Å². The third-order valence-electron chi connectivity index (χ3n) is 1.59. The van der Waals surface area contributed by atoms with Gasteiger partial charge in [-0.05, 0) is 13.8 Å². The van der Waals surface area contributed by atoms with Crippen LogP contribution in [0.3, 0.4) is 0 Å². The van der Waals surface area contributed by atoms with Crippen molar-refractivity contribution in [2.24, 2.45) is 0 Å². The van der Waals surface area contributed by atoms with Gasteiger partial charge in [-0.3, -0.25) is 0 Å². The van der Waals surface area contributed by atoms with Crippen LogP contribution in [0, 0.1) is 18.3 Å². The van der Waals surface area contributed by atoms with E-state index in [-0.39, 0.29) is 0 Å². The van der Waals surface area contributed by atoms with Crippen molar-refractivity contribution in [3.63, 3.8) is 0 Å². The van der Waals surface area contributed by atoms with Gasteiger partial charge in [-0.2, -0.15) is 5.26 Å². The molecule has 0 spiro atoms. The van der Waals surface area contributed by atoms with E-state index in [0.29, 0.717) is 23.8 Å². The average Bonchev–Trinajstić information content (AvgIpc) is 2.15. The number of aliphatic hydroxyl groups is 1. The number of hydrogen-bond donors (Lipinski definition) is 2. The summed E-state index contributed by atoms with van der Waals surface area (Å²) in [6, 6.07) is 1.98. The molecule has 0 amide bonds. The highest BCUT2D eigenvalue weighted by molar-refractivity contribution is 5.50. The minimum Gasteiger partial charge on any atom is -0.392 e. The molecule has 0 aliphatic rings. The fourth-order valence-electron chi connectivity index (χ4n) is 0.931. The number of nitriles is 1. The maximum Gasteiger partial charge on any atom is 0.147 e. The number of nitrogens with one attached hydrogen (secondary N) is 1. The molecular weight excluding hydrogens is 180 g/mol. The lowest BCUT2D eigenvalue weighted by Gasteiger charge is -2.08. The molecule has 1 rings (SSSR count). The SMILES string of the molecule is Cc1ncc(C#N)c(NCC(C)O)n1. The number of nitrogens with zero attached hydrogens (tertiary/aromatic N) is 3. The molecule has 0 aliphatic heterocycles. The first kappa shape index (κ1) is 10.4. The van der Waals surface area contributed by atoms with Crippen LogP contribution in [-0.2, 0) is 0 Å². The van der Waals surface area contributed by atoms with Gasteiger partial charge in [0, 0.05) is 6.54 Å². The van der Waals surface area contributed by atoms with Gasteiger partial charge in [0.2, 0.25) is 0 Å². The summed E-state index contributed by atoms with van der Waals surface area (Å²) >= 11 is 0. The van der Waals surface area contributed by atoms with E-state index in [4.69, 9.17) is 10.4 Å². The summed E-state index contributed by atoms with van der Waals surface area (Å²) in [7, 11) is 0. The second-order valence-electron chi connectivity index (χ2n) is 3.02. The lowest BCUT2D eigenvalue weighted by molar-refractivity contribution is 0.208. The molecule has 0 aliphatic carbocycles. The highest BCUT2D eigenvalue weighted by atomic mass is 16.3. The van der Waals surface area contributed by atoms with Crippen molar-refractivity contribution in [2.75, 3.05) is 11.9 Å². The van der Waals surface area contributed by atoms with Crippen LogP contribution in [0.4, 0.5) is 5.82 Å². The van der Waals surface area contributed by atoms with E-state index in [1.54, 1.807) is 13.8 Å². The molecule has 1 atom stereocenters. The lowest BCUT2D eigenvalue weighted by atomic mass is 10.3. The van der Waals surface area contributed by atoms with Crippen molar-refractivity contribution < 1.29 is 5.11 Å². The molecule has 2 N–H and O–H groups in total. The van der Waals surface area contributed by atoms with Crippen molar-refractivity contribution in [1.29, 1.82) is 5.26 Å². The molecule has 1 aromatic heterocycles. The topological polar surface area (TPSA) is 81.8 Å². The smallest absolute Gasteiger partial charge is 0.147 e. The molecule has 5 heteroatoms. The number of aryl methyl sites for hydroxylation is 1. The van der Waals surface area contributed by atoms with Gasteiger partial charge in [-0.25, -0.2) is 9.97 Å².